The molecular weight excluding hydrogens is 254 g/mol. The van der Waals surface area contributed by atoms with Crippen molar-refractivity contribution in [1.82, 2.24) is 15.0 Å². The number of rotatable bonds is 2. The van der Waals surface area contributed by atoms with Crippen molar-refractivity contribution in [1.29, 1.82) is 0 Å². The fraction of sp³-hybridized carbons (Fsp3) is 0.273. The van der Waals surface area contributed by atoms with Crippen molar-refractivity contribution in [2.24, 2.45) is 0 Å². The van der Waals surface area contributed by atoms with Gasteiger partial charge in [-0.3, -0.25) is 0 Å². The average molecular weight is 266 g/mol. The lowest BCUT2D eigenvalue weighted by atomic mass is 10.2. The summed E-state index contributed by atoms with van der Waals surface area (Å²) in [5, 5.41) is 9.48. The van der Waals surface area contributed by atoms with E-state index in [1.807, 2.05) is 19.1 Å². The van der Waals surface area contributed by atoms with E-state index in [1.165, 1.54) is 5.56 Å². The van der Waals surface area contributed by atoms with E-state index in [0.29, 0.717) is 0 Å². The summed E-state index contributed by atoms with van der Waals surface area (Å²) in [6.45, 7) is 4.03. The van der Waals surface area contributed by atoms with Gasteiger partial charge in [-0.1, -0.05) is 33.6 Å². The van der Waals surface area contributed by atoms with E-state index in [0.717, 1.165) is 22.4 Å². The largest absolute Gasteiger partial charge is 0.153 e. The second kappa shape index (κ2) is 4.14. The third-order valence-corrected chi connectivity index (χ3v) is 2.80. The summed E-state index contributed by atoms with van der Waals surface area (Å²) < 4.78 is 0. The van der Waals surface area contributed by atoms with E-state index >= 15 is 0 Å². The van der Waals surface area contributed by atoms with E-state index < -0.39 is 0 Å². The van der Waals surface area contributed by atoms with Crippen LogP contribution in [0.4, 0.5) is 0 Å². The first-order valence-corrected chi connectivity index (χ1v) is 5.88. The Hall–Kier alpha value is -1.16. The van der Waals surface area contributed by atoms with Crippen molar-refractivity contribution in [3.8, 4) is 5.69 Å². The minimum absolute atomic E-state index is 0.741. The summed E-state index contributed by atoms with van der Waals surface area (Å²) in [4.78, 5) is 1.67. The van der Waals surface area contributed by atoms with Gasteiger partial charge in [0.15, 0.2) is 0 Å². The molecule has 0 aliphatic heterocycles. The van der Waals surface area contributed by atoms with Gasteiger partial charge in [-0.2, -0.15) is 15.0 Å². The third kappa shape index (κ3) is 2.09. The number of nitrogens with zero attached hydrogens (tertiary/aromatic N) is 3. The molecule has 1 heterocycles. The Kier molecular flexibility index (Phi) is 2.86. The molecule has 0 N–H and O–H groups in total. The highest BCUT2D eigenvalue weighted by Gasteiger charge is 2.06. The molecule has 0 fully saturated rings. The Morgan fingerprint density at radius 2 is 1.80 bits per heavy atom. The van der Waals surface area contributed by atoms with Crippen molar-refractivity contribution in [3.63, 3.8) is 0 Å². The van der Waals surface area contributed by atoms with Gasteiger partial charge in [-0.25, -0.2) is 0 Å². The molecule has 1 aromatic heterocycles. The highest BCUT2D eigenvalue weighted by molar-refractivity contribution is 9.08. The zero-order valence-electron chi connectivity index (χ0n) is 8.74. The van der Waals surface area contributed by atoms with E-state index in [-0.39, 0.29) is 0 Å². The molecule has 0 spiro atoms. The maximum atomic E-state index is 4.39. The number of alkyl halides is 1. The first kappa shape index (κ1) is 10.4. The van der Waals surface area contributed by atoms with Crippen LogP contribution >= 0.6 is 15.9 Å². The lowest BCUT2D eigenvalue weighted by molar-refractivity contribution is 0.740. The molecule has 4 heteroatoms. The second-order valence-electron chi connectivity index (χ2n) is 3.49. The van der Waals surface area contributed by atoms with Crippen LogP contribution in [0.25, 0.3) is 5.69 Å². The van der Waals surface area contributed by atoms with Gasteiger partial charge in [0.1, 0.15) is 0 Å². The van der Waals surface area contributed by atoms with Crippen LogP contribution in [-0.2, 0) is 5.33 Å². The molecule has 78 valence electrons. The third-order valence-electron chi connectivity index (χ3n) is 2.27. The van der Waals surface area contributed by atoms with Crippen LogP contribution in [0.3, 0.4) is 0 Å². The number of hydrogen-bond acceptors (Lipinski definition) is 2. The van der Waals surface area contributed by atoms with Crippen LogP contribution in [0, 0.1) is 13.8 Å². The maximum Gasteiger partial charge on any atom is 0.0966 e. The molecule has 15 heavy (non-hydrogen) atoms. The Morgan fingerprint density at radius 1 is 1.13 bits per heavy atom. The van der Waals surface area contributed by atoms with E-state index in [9.17, 15) is 0 Å². The molecule has 0 radical (unpaired) electrons. The van der Waals surface area contributed by atoms with E-state index in [4.69, 9.17) is 0 Å². The van der Waals surface area contributed by atoms with Gasteiger partial charge in [0.05, 0.1) is 17.1 Å². The standard InChI is InChI=1S/C11H12BrN3/c1-8-3-5-10(6-4-8)15-13-9(2)11(7-12)14-15/h3-6H,7H2,1-2H3. The quantitative estimate of drug-likeness (QED) is 0.782. The highest BCUT2D eigenvalue weighted by Crippen LogP contribution is 2.11. The average Bonchev–Trinajstić information content (AvgIpc) is 2.61. The van der Waals surface area contributed by atoms with Crippen molar-refractivity contribution >= 4 is 15.9 Å². The predicted octanol–water partition coefficient (Wildman–Crippen LogP) is 2.78. The summed E-state index contributed by atoms with van der Waals surface area (Å²) in [6, 6.07) is 8.16. The Labute approximate surface area is 97.2 Å². The Bertz CT molecular complexity index is 459. The first-order valence-electron chi connectivity index (χ1n) is 4.76. The molecule has 1 aromatic carbocycles. The number of aryl methyl sites for hydroxylation is 2. The molecule has 0 atom stereocenters. The predicted molar refractivity (Wildman–Crippen MR) is 63.5 cm³/mol. The summed E-state index contributed by atoms with van der Waals surface area (Å²) in [6.07, 6.45) is 0. The zero-order chi connectivity index (χ0) is 10.8. The minimum atomic E-state index is 0.741. The van der Waals surface area contributed by atoms with E-state index in [1.54, 1.807) is 4.80 Å². The SMILES string of the molecule is Cc1ccc(-n2nc(C)c(CBr)n2)cc1. The Morgan fingerprint density at radius 3 is 2.33 bits per heavy atom. The van der Waals surface area contributed by atoms with Crippen LogP contribution in [0.2, 0.25) is 0 Å². The summed E-state index contributed by atoms with van der Waals surface area (Å²) >= 11 is 3.39. The number of benzene rings is 1. The maximum absolute atomic E-state index is 4.39. The smallest absolute Gasteiger partial charge is 0.0966 e. The molecule has 0 aliphatic carbocycles. The molecule has 0 unspecified atom stereocenters. The van der Waals surface area contributed by atoms with Gasteiger partial charge in [0.2, 0.25) is 0 Å². The van der Waals surface area contributed by atoms with Gasteiger partial charge in [-0.15, -0.1) is 0 Å². The monoisotopic (exact) mass is 265 g/mol. The van der Waals surface area contributed by atoms with Crippen LogP contribution in [0.1, 0.15) is 17.0 Å². The van der Waals surface area contributed by atoms with Crippen LogP contribution in [0.5, 0.6) is 0 Å². The number of hydrogen-bond donors (Lipinski definition) is 0. The molecule has 2 rings (SSSR count). The summed E-state index contributed by atoms with van der Waals surface area (Å²) in [5.74, 6) is 0. The van der Waals surface area contributed by atoms with Gasteiger partial charge in [-0.05, 0) is 26.0 Å². The molecule has 0 amide bonds. The Balaban J connectivity index is 2.41. The first-order chi connectivity index (χ1) is 7.20. The normalized spacial score (nSPS) is 10.6. The van der Waals surface area contributed by atoms with Crippen LogP contribution in [-0.4, -0.2) is 15.0 Å². The highest BCUT2D eigenvalue weighted by atomic mass is 79.9. The van der Waals surface area contributed by atoms with Gasteiger partial charge >= 0.3 is 0 Å². The summed E-state index contributed by atoms with van der Waals surface area (Å²) in [7, 11) is 0. The molecular formula is C11H12BrN3. The molecule has 0 saturated heterocycles. The lowest BCUT2D eigenvalue weighted by Gasteiger charge is -1.99. The van der Waals surface area contributed by atoms with Crippen molar-refractivity contribution in [2.45, 2.75) is 19.2 Å². The van der Waals surface area contributed by atoms with Crippen molar-refractivity contribution in [2.75, 3.05) is 0 Å². The number of aromatic nitrogens is 3. The van der Waals surface area contributed by atoms with Gasteiger partial charge < -0.3 is 0 Å². The fourth-order valence-corrected chi connectivity index (χ4v) is 1.84. The molecule has 2 aromatic rings. The molecule has 0 saturated carbocycles. The van der Waals surface area contributed by atoms with Crippen LogP contribution in [0.15, 0.2) is 24.3 Å². The lowest BCUT2D eigenvalue weighted by Crippen LogP contribution is -1.98. The number of halogens is 1. The van der Waals surface area contributed by atoms with Crippen molar-refractivity contribution < 1.29 is 0 Å². The second-order valence-corrected chi connectivity index (χ2v) is 4.05. The topological polar surface area (TPSA) is 30.7 Å². The van der Waals surface area contributed by atoms with Crippen molar-refractivity contribution in [3.05, 3.63) is 41.2 Å². The zero-order valence-corrected chi connectivity index (χ0v) is 10.3. The molecule has 3 nitrogen and oxygen atoms in total. The fourth-order valence-electron chi connectivity index (χ4n) is 1.33. The van der Waals surface area contributed by atoms with Crippen LogP contribution < -0.4 is 0 Å². The molecule has 0 bridgehead atoms. The van der Waals surface area contributed by atoms with E-state index in [2.05, 4.69) is 45.2 Å². The molecule has 0 aliphatic rings. The minimum Gasteiger partial charge on any atom is -0.153 e. The van der Waals surface area contributed by atoms with Gasteiger partial charge in [0.25, 0.3) is 0 Å². The van der Waals surface area contributed by atoms with Gasteiger partial charge in [0, 0.05) is 5.33 Å². The summed E-state index contributed by atoms with van der Waals surface area (Å²) in [5.41, 5.74) is 4.18.